The van der Waals surface area contributed by atoms with Crippen LogP contribution in [-0.2, 0) is 7.05 Å². The van der Waals surface area contributed by atoms with Gasteiger partial charge in [0.05, 0.1) is 16.1 Å². The minimum atomic E-state index is 0. The number of hydrogen-bond acceptors (Lipinski definition) is 4. The zero-order valence-corrected chi connectivity index (χ0v) is 19.2. The molecule has 0 spiro atoms. The highest BCUT2D eigenvalue weighted by atomic mass is 35.5. The number of benzene rings is 3. The van der Waals surface area contributed by atoms with Gasteiger partial charge in [-0.3, -0.25) is 0 Å². The molecule has 0 unspecified atom stereocenters. The van der Waals surface area contributed by atoms with Crippen molar-refractivity contribution in [2.24, 2.45) is 7.05 Å². The van der Waals surface area contributed by atoms with E-state index in [4.69, 9.17) is 4.42 Å². The zero-order valence-electron chi connectivity index (χ0n) is 17.6. The monoisotopic (exact) mass is 457 g/mol. The second kappa shape index (κ2) is 8.01. The topological polar surface area (TPSA) is 33.2 Å². The average molecular weight is 458 g/mol. The molecule has 3 aromatic carbocycles. The van der Waals surface area contributed by atoms with Gasteiger partial charge in [0, 0.05) is 29.6 Å². The lowest BCUT2D eigenvalue weighted by Gasteiger charge is -2.13. The molecule has 0 saturated heterocycles. The maximum Gasteiger partial charge on any atom is 0.227 e. The van der Waals surface area contributed by atoms with Crippen LogP contribution in [0.4, 0.5) is 5.69 Å². The molecule has 1 aliphatic rings. The van der Waals surface area contributed by atoms with E-state index in [1.165, 1.54) is 32.1 Å². The molecule has 5 aromatic rings. The third kappa shape index (κ3) is 3.34. The summed E-state index contributed by atoms with van der Waals surface area (Å²) in [6.45, 7) is 0. The van der Waals surface area contributed by atoms with Crippen LogP contribution in [0.3, 0.4) is 0 Å². The molecular weight excluding hydrogens is 438 g/mol. The average Bonchev–Trinajstić information content (AvgIpc) is 3.37. The number of thioether (sulfide) groups is 1. The molecule has 32 heavy (non-hydrogen) atoms. The highest BCUT2D eigenvalue weighted by Gasteiger charge is 2.24. The molecule has 4 nitrogen and oxygen atoms in total. The molecule has 3 heterocycles. The van der Waals surface area contributed by atoms with Gasteiger partial charge in [-0.05, 0) is 48.0 Å². The van der Waals surface area contributed by atoms with Crippen LogP contribution in [0.25, 0.3) is 39.5 Å². The van der Waals surface area contributed by atoms with E-state index in [2.05, 4.69) is 89.4 Å². The van der Waals surface area contributed by atoms with Gasteiger partial charge in [0.2, 0.25) is 11.4 Å². The number of aromatic nitrogens is 2. The lowest BCUT2D eigenvalue weighted by atomic mass is 10.1. The standard InChI is InChI=1S/C26H20N3OS.ClH/c1-28-14-13-17(19-7-3-5-9-21(19)28)16-25-29(2)22-12-11-18(15-24(22)31-25)26-27-20-8-4-6-10-23(20)30-26;/h3-16H,1-2H3;1H/q+1;/p-1. The van der Waals surface area contributed by atoms with Gasteiger partial charge in [-0.1, -0.05) is 36.0 Å². The Kier molecular flexibility index (Phi) is 5.16. The molecule has 0 fully saturated rings. The van der Waals surface area contributed by atoms with Crippen molar-refractivity contribution >= 4 is 45.5 Å². The van der Waals surface area contributed by atoms with Crippen LogP contribution in [0, 0.1) is 0 Å². The number of para-hydroxylation sites is 3. The third-order valence-electron chi connectivity index (χ3n) is 5.76. The first kappa shape index (κ1) is 20.6. The Bertz CT molecular complexity index is 1480. The van der Waals surface area contributed by atoms with Crippen LogP contribution in [0.2, 0.25) is 0 Å². The Morgan fingerprint density at radius 2 is 1.81 bits per heavy atom. The molecule has 0 saturated carbocycles. The number of pyridine rings is 1. The molecule has 6 heteroatoms. The molecule has 0 radical (unpaired) electrons. The Hall–Kier alpha value is -3.28. The minimum Gasteiger partial charge on any atom is -1.00 e. The number of anilines is 1. The summed E-state index contributed by atoms with van der Waals surface area (Å²) in [6, 6.07) is 25.0. The number of hydrogen-bond donors (Lipinski definition) is 0. The van der Waals surface area contributed by atoms with Crippen molar-refractivity contribution in [3.05, 3.63) is 89.6 Å². The smallest absolute Gasteiger partial charge is 0.227 e. The highest BCUT2D eigenvalue weighted by Crippen LogP contribution is 2.47. The SMILES string of the molecule is CN1/C(=C/c2cc[n+](C)c3ccccc23)Sc2cc(-c3nc4ccccc4o3)ccc21.[Cl-]. The minimum absolute atomic E-state index is 0. The summed E-state index contributed by atoms with van der Waals surface area (Å²) in [5.74, 6) is 0.659. The summed E-state index contributed by atoms with van der Waals surface area (Å²) in [5, 5.41) is 2.45. The number of fused-ring (bicyclic) bond motifs is 3. The van der Waals surface area contributed by atoms with Gasteiger partial charge in [-0.2, -0.15) is 0 Å². The molecule has 0 N–H and O–H groups in total. The number of aryl methyl sites for hydroxylation is 1. The molecule has 0 bridgehead atoms. The number of halogens is 1. The van der Waals surface area contributed by atoms with Gasteiger partial charge in [0.1, 0.15) is 12.6 Å². The number of nitrogens with zero attached hydrogens (tertiary/aromatic N) is 3. The van der Waals surface area contributed by atoms with Crippen molar-refractivity contribution in [1.82, 2.24) is 4.98 Å². The van der Waals surface area contributed by atoms with E-state index in [1.54, 1.807) is 11.8 Å². The number of oxazole rings is 1. The predicted octanol–water partition coefficient (Wildman–Crippen LogP) is 3.02. The van der Waals surface area contributed by atoms with Crippen LogP contribution in [0.15, 0.2) is 93.3 Å². The van der Waals surface area contributed by atoms with Crippen LogP contribution in [-0.4, -0.2) is 12.0 Å². The van der Waals surface area contributed by atoms with Crippen molar-refractivity contribution in [3.8, 4) is 11.5 Å². The van der Waals surface area contributed by atoms with E-state index in [9.17, 15) is 0 Å². The summed E-state index contributed by atoms with van der Waals surface area (Å²) >= 11 is 1.78. The molecule has 0 atom stereocenters. The largest absolute Gasteiger partial charge is 1.00 e. The molecule has 0 aliphatic carbocycles. The van der Waals surface area contributed by atoms with Crippen molar-refractivity contribution < 1.29 is 21.4 Å². The lowest BCUT2D eigenvalue weighted by molar-refractivity contribution is -0.644. The zero-order chi connectivity index (χ0) is 20.9. The van der Waals surface area contributed by atoms with Crippen molar-refractivity contribution in [1.29, 1.82) is 0 Å². The fourth-order valence-electron chi connectivity index (χ4n) is 4.07. The summed E-state index contributed by atoms with van der Waals surface area (Å²) < 4.78 is 8.13. The van der Waals surface area contributed by atoms with Gasteiger partial charge < -0.3 is 21.7 Å². The van der Waals surface area contributed by atoms with E-state index in [0.29, 0.717) is 5.89 Å². The molecule has 1 aliphatic heterocycles. The van der Waals surface area contributed by atoms with E-state index < -0.39 is 0 Å². The first-order valence-corrected chi connectivity index (χ1v) is 11.0. The van der Waals surface area contributed by atoms with Crippen LogP contribution < -0.4 is 21.9 Å². The van der Waals surface area contributed by atoms with Crippen molar-refractivity contribution in [2.75, 3.05) is 11.9 Å². The number of rotatable bonds is 2. The van der Waals surface area contributed by atoms with E-state index in [-0.39, 0.29) is 12.4 Å². The summed E-state index contributed by atoms with van der Waals surface area (Å²) in [5.41, 5.74) is 6.32. The van der Waals surface area contributed by atoms with Gasteiger partial charge in [0.25, 0.3) is 0 Å². The molecule has 6 rings (SSSR count). The highest BCUT2D eigenvalue weighted by molar-refractivity contribution is 8.03. The Morgan fingerprint density at radius 1 is 1.00 bits per heavy atom. The maximum absolute atomic E-state index is 5.97. The first-order chi connectivity index (χ1) is 15.2. The Balaban J connectivity index is 0.00000216. The second-order valence-electron chi connectivity index (χ2n) is 7.71. The summed E-state index contributed by atoms with van der Waals surface area (Å²) in [6.07, 6.45) is 4.39. The van der Waals surface area contributed by atoms with Crippen LogP contribution >= 0.6 is 11.8 Å². The quantitative estimate of drug-likeness (QED) is 0.381. The van der Waals surface area contributed by atoms with E-state index in [0.717, 1.165) is 16.7 Å². The molecule has 0 amide bonds. The third-order valence-corrected chi connectivity index (χ3v) is 6.91. The molecule has 2 aromatic heterocycles. The van der Waals surface area contributed by atoms with Gasteiger partial charge >= 0.3 is 0 Å². The van der Waals surface area contributed by atoms with Gasteiger partial charge in [-0.15, -0.1) is 0 Å². The van der Waals surface area contributed by atoms with E-state index >= 15 is 0 Å². The summed E-state index contributed by atoms with van der Waals surface area (Å²) in [7, 11) is 4.20. The summed E-state index contributed by atoms with van der Waals surface area (Å²) in [4.78, 5) is 8.11. The van der Waals surface area contributed by atoms with Crippen molar-refractivity contribution in [3.63, 3.8) is 0 Å². The molecule has 158 valence electrons. The second-order valence-corrected chi connectivity index (χ2v) is 8.77. The normalized spacial score (nSPS) is 14.2. The van der Waals surface area contributed by atoms with Crippen LogP contribution in [0.5, 0.6) is 0 Å². The Labute approximate surface area is 196 Å². The maximum atomic E-state index is 5.97. The van der Waals surface area contributed by atoms with Gasteiger partial charge in [-0.25, -0.2) is 9.55 Å². The van der Waals surface area contributed by atoms with Crippen molar-refractivity contribution in [2.45, 2.75) is 4.90 Å². The fraction of sp³-hybridized carbons (Fsp3) is 0.0769. The predicted molar refractivity (Wildman–Crippen MR) is 127 cm³/mol. The lowest BCUT2D eigenvalue weighted by Crippen LogP contribution is -3.00. The van der Waals surface area contributed by atoms with Crippen LogP contribution in [0.1, 0.15) is 5.56 Å². The molecular formula is C26H20ClN3OS. The van der Waals surface area contributed by atoms with Gasteiger partial charge in [0.15, 0.2) is 11.8 Å². The van der Waals surface area contributed by atoms with E-state index in [1.807, 2.05) is 24.3 Å². The fourth-order valence-corrected chi connectivity index (χ4v) is 5.22. The first-order valence-electron chi connectivity index (χ1n) is 10.2. The Morgan fingerprint density at radius 3 is 2.69 bits per heavy atom.